The van der Waals surface area contributed by atoms with Crippen LogP contribution in [0.3, 0.4) is 0 Å². The summed E-state index contributed by atoms with van der Waals surface area (Å²) in [5, 5.41) is 0.582. The molecule has 4 rings (SSSR count). The van der Waals surface area contributed by atoms with Crippen molar-refractivity contribution in [1.82, 2.24) is 19.1 Å². The smallest absolute Gasteiger partial charge is 0.315 e. The fraction of sp³-hybridized carbons (Fsp3) is 0.208. The third-order valence-corrected chi connectivity index (χ3v) is 6.35. The number of carbonyl (C=O) groups excluding carboxylic acids is 1. The van der Waals surface area contributed by atoms with E-state index in [1.165, 1.54) is 11.6 Å². The Morgan fingerprint density at radius 1 is 1.00 bits per heavy atom. The molecule has 0 radical (unpaired) electrons. The molecule has 0 atom stereocenters. The molecule has 1 amide bonds. The molecule has 0 bridgehead atoms. The van der Waals surface area contributed by atoms with Gasteiger partial charge < -0.3 is 4.90 Å². The van der Waals surface area contributed by atoms with Gasteiger partial charge in [-0.25, -0.2) is 14.8 Å². The fourth-order valence-corrected chi connectivity index (χ4v) is 4.40. The highest BCUT2D eigenvalue weighted by molar-refractivity contribution is 8.00. The van der Waals surface area contributed by atoms with E-state index in [1.54, 1.807) is 19.0 Å². The van der Waals surface area contributed by atoms with Crippen LogP contribution < -0.4 is 16.1 Å². The van der Waals surface area contributed by atoms with Crippen molar-refractivity contribution in [2.24, 2.45) is 14.1 Å². The van der Waals surface area contributed by atoms with Crippen molar-refractivity contribution in [2.45, 2.75) is 11.9 Å². The molecule has 2 aromatic carbocycles. The van der Waals surface area contributed by atoms with Crippen LogP contribution in [0.15, 0.2) is 69.2 Å². The van der Waals surface area contributed by atoms with Crippen molar-refractivity contribution in [3.05, 3.63) is 81.0 Å². The molecule has 0 N–H and O–H groups in total. The summed E-state index contributed by atoms with van der Waals surface area (Å²) in [6, 6.07) is 17.0. The van der Waals surface area contributed by atoms with Crippen molar-refractivity contribution in [1.29, 1.82) is 0 Å². The van der Waals surface area contributed by atoms with Gasteiger partial charge in [-0.1, -0.05) is 53.7 Å². The molecule has 0 saturated heterocycles. The largest absolute Gasteiger partial charge is 0.332 e. The SMILES string of the molecule is Cc1cccc(-c2nc(SCC(=O)N(C)c3ccccc3)c3c(=O)n(C)c(=O)n(C)c3n2)c1. The first kappa shape index (κ1) is 22.5. The number of aromatic nitrogens is 4. The van der Waals surface area contributed by atoms with E-state index >= 15 is 0 Å². The summed E-state index contributed by atoms with van der Waals surface area (Å²) in [7, 11) is 4.69. The van der Waals surface area contributed by atoms with Crippen LogP contribution in [0.25, 0.3) is 22.4 Å². The number of fused-ring (bicyclic) bond motifs is 1. The van der Waals surface area contributed by atoms with E-state index in [1.807, 2.05) is 61.5 Å². The number of amides is 1. The molecule has 0 unspecified atom stereocenters. The van der Waals surface area contributed by atoms with Gasteiger partial charge in [0.1, 0.15) is 10.4 Å². The van der Waals surface area contributed by atoms with Crippen LogP contribution in [0.2, 0.25) is 0 Å². The molecule has 9 heteroatoms. The third kappa shape index (κ3) is 4.31. The van der Waals surface area contributed by atoms with Crippen LogP contribution in [0.5, 0.6) is 0 Å². The number of hydrogen-bond acceptors (Lipinski definition) is 6. The van der Waals surface area contributed by atoms with Crippen molar-refractivity contribution in [3.63, 3.8) is 0 Å². The molecule has 0 saturated carbocycles. The average molecular weight is 462 g/mol. The Morgan fingerprint density at radius 2 is 1.73 bits per heavy atom. The molecule has 2 aromatic heterocycles. The highest BCUT2D eigenvalue weighted by Gasteiger charge is 2.20. The lowest BCUT2D eigenvalue weighted by molar-refractivity contribution is -0.115. The highest BCUT2D eigenvalue weighted by Crippen LogP contribution is 2.27. The number of nitrogens with zero attached hydrogens (tertiary/aromatic N) is 5. The standard InChI is InChI=1S/C24H23N5O3S/c1-15-9-8-10-16(13-15)20-25-21-19(23(31)29(4)24(32)28(21)3)22(26-20)33-14-18(30)27(2)17-11-6-5-7-12-17/h5-13H,14H2,1-4H3. The number of rotatable bonds is 5. The zero-order chi connectivity index (χ0) is 23.7. The minimum Gasteiger partial charge on any atom is -0.315 e. The van der Waals surface area contributed by atoms with Gasteiger partial charge >= 0.3 is 5.69 Å². The quantitative estimate of drug-likeness (QED) is 0.335. The summed E-state index contributed by atoms with van der Waals surface area (Å²) >= 11 is 1.16. The number of benzene rings is 2. The van der Waals surface area contributed by atoms with Gasteiger partial charge in [0.2, 0.25) is 5.91 Å². The predicted molar refractivity (Wildman–Crippen MR) is 131 cm³/mol. The number of hydrogen-bond donors (Lipinski definition) is 0. The zero-order valence-corrected chi connectivity index (χ0v) is 19.6. The van der Waals surface area contributed by atoms with Crippen LogP contribution >= 0.6 is 11.8 Å². The minimum absolute atomic E-state index is 0.0662. The zero-order valence-electron chi connectivity index (χ0n) is 18.8. The van der Waals surface area contributed by atoms with Gasteiger partial charge in [-0.3, -0.25) is 18.7 Å². The van der Waals surface area contributed by atoms with E-state index in [0.29, 0.717) is 10.9 Å². The van der Waals surface area contributed by atoms with Gasteiger partial charge in [0.05, 0.1) is 5.75 Å². The monoisotopic (exact) mass is 461 g/mol. The van der Waals surface area contributed by atoms with E-state index in [0.717, 1.165) is 33.1 Å². The van der Waals surface area contributed by atoms with Gasteiger partial charge in [0.25, 0.3) is 5.56 Å². The van der Waals surface area contributed by atoms with Crippen molar-refractivity contribution >= 4 is 34.4 Å². The number of thioether (sulfide) groups is 1. The lowest BCUT2D eigenvalue weighted by atomic mass is 10.1. The molecule has 0 spiro atoms. The lowest BCUT2D eigenvalue weighted by Crippen LogP contribution is -2.37. The van der Waals surface area contributed by atoms with Crippen LogP contribution in [0, 0.1) is 6.92 Å². The number of anilines is 1. The van der Waals surface area contributed by atoms with E-state index in [-0.39, 0.29) is 22.7 Å². The summed E-state index contributed by atoms with van der Waals surface area (Å²) in [5.74, 6) is 0.314. The Balaban J connectivity index is 1.81. The normalized spacial score (nSPS) is 11.0. The van der Waals surface area contributed by atoms with E-state index in [4.69, 9.17) is 0 Å². The average Bonchev–Trinajstić information content (AvgIpc) is 2.84. The predicted octanol–water partition coefficient (Wildman–Crippen LogP) is 2.76. The summed E-state index contributed by atoms with van der Waals surface area (Å²) < 4.78 is 2.36. The van der Waals surface area contributed by atoms with Gasteiger partial charge in [-0.05, 0) is 25.1 Å². The second-order valence-corrected chi connectivity index (χ2v) is 8.67. The van der Waals surface area contributed by atoms with Gasteiger partial charge in [-0.15, -0.1) is 0 Å². The van der Waals surface area contributed by atoms with Crippen LogP contribution in [-0.4, -0.2) is 37.8 Å². The number of carbonyl (C=O) groups is 1. The Hall–Kier alpha value is -3.72. The van der Waals surface area contributed by atoms with E-state index < -0.39 is 11.2 Å². The molecule has 168 valence electrons. The van der Waals surface area contributed by atoms with Crippen molar-refractivity contribution < 1.29 is 4.79 Å². The molecule has 2 heterocycles. The Bertz CT molecular complexity index is 1480. The van der Waals surface area contributed by atoms with Gasteiger partial charge in [0.15, 0.2) is 11.5 Å². The first-order valence-corrected chi connectivity index (χ1v) is 11.3. The Kier molecular flexibility index (Phi) is 6.15. The number of para-hydroxylation sites is 1. The van der Waals surface area contributed by atoms with Crippen LogP contribution in [0.4, 0.5) is 5.69 Å². The van der Waals surface area contributed by atoms with E-state index in [9.17, 15) is 14.4 Å². The first-order chi connectivity index (χ1) is 15.8. The second kappa shape index (κ2) is 9.03. The summed E-state index contributed by atoms with van der Waals surface area (Å²) in [6.07, 6.45) is 0. The summed E-state index contributed by atoms with van der Waals surface area (Å²) in [4.78, 5) is 49.1. The van der Waals surface area contributed by atoms with Crippen LogP contribution in [-0.2, 0) is 18.9 Å². The third-order valence-electron chi connectivity index (χ3n) is 5.39. The molecular weight excluding hydrogens is 438 g/mol. The first-order valence-electron chi connectivity index (χ1n) is 10.3. The van der Waals surface area contributed by atoms with Crippen molar-refractivity contribution in [3.8, 4) is 11.4 Å². The fourth-order valence-electron chi connectivity index (χ4n) is 3.47. The van der Waals surface area contributed by atoms with Gasteiger partial charge in [0, 0.05) is 32.4 Å². The topological polar surface area (TPSA) is 90.1 Å². The number of aryl methyl sites for hydroxylation is 2. The molecule has 0 aliphatic heterocycles. The summed E-state index contributed by atoms with van der Waals surface area (Å²) in [6.45, 7) is 1.96. The molecule has 8 nitrogen and oxygen atoms in total. The maximum absolute atomic E-state index is 13.0. The molecule has 33 heavy (non-hydrogen) atoms. The van der Waals surface area contributed by atoms with E-state index in [2.05, 4.69) is 9.97 Å². The van der Waals surface area contributed by atoms with Crippen LogP contribution in [0.1, 0.15) is 5.56 Å². The van der Waals surface area contributed by atoms with Crippen molar-refractivity contribution in [2.75, 3.05) is 17.7 Å². The van der Waals surface area contributed by atoms with Gasteiger partial charge in [-0.2, -0.15) is 0 Å². The lowest BCUT2D eigenvalue weighted by Gasteiger charge is -2.17. The minimum atomic E-state index is -0.491. The summed E-state index contributed by atoms with van der Waals surface area (Å²) in [5.41, 5.74) is 1.84. The molecule has 0 aliphatic rings. The Morgan fingerprint density at radius 3 is 2.42 bits per heavy atom. The molecular formula is C24H23N5O3S. The Labute approximate surface area is 194 Å². The second-order valence-electron chi connectivity index (χ2n) is 7.70. The maximum Gasteiger partial charge on any atom is 0.332 e. The molecule has 4 aromatic rings. The maximum atomic E-state index is 13.0. The molecule has 0 aliphatic carbocycles. The highest BCUT2D eigenvalue weighted by atomic mass is 32.2. The molecule has 0 fully saturated rings.